The number of ether oxygens (including phenoxy) is 2. The maximum Gasteiger partial charge on any atom is 0.410 e. The summed E-state index contributed by atoms with van der Waals surface area (Å²) < 4.78 is 10.3. The maximum absolute atomic E-state index is 11.5. The Bertz CT molecular complexity index is 248. The lowest BCUT2D eigenvalue weighted by atomic mass is 10.2. The molecule has 0 bridgehead atoms. The summed E-state index contributed by atoms with van der Waals surface area (Å²) in [4.78, 5) is 13.1. The quantitative estimate of drug-likeness (QED) is 0.565. The van der Waals surface area contributed by atoms with E-state index in [1.54, 1.807) is 14.0 Å². The Kier molecular flexibility index (Phi) is 6.33. The van der Waals surface area contributed by atoms with Gasteiger partial charge in [-0.3, -0.25) is 0 Å². The summed E-state index contributed by atoms with van der Waals surface area (Å²) in [5, 5.41) is 0.528. The first-order chi connectivity index (χ1) is 7.22. The van der Waals surface area contributed by atoms with Crippen LogP contribution in [0.5, 0.6) is 0 Å². The molecular formula is C11H21NO3S. The molecule has 0 saturated heterocycles. The highest BCUT2D eigenvalue weighted by molar-refractivity contribution is 7.80. The Balaban J connectivity index is 3.76. The molecule has 0 aliphatic rings. The largest absolute Gasteiger partial charge is 0.487 e. The summed E-state index contributed by atoms with van der Waals surface area (Å²) in [5.41, 5.74) is -0.452. The van der Waals surface area contributed by atoms with Crippen molar-refractivity contribution in [2.45, 2.75) is 39.7 Å². The average molecular weight is 247 g/mol. The van der Waals surface area contributed by atoms with Crippen molar-refractivity contribution in [3.63, 3.8) is 0 Å². The Hall–Kier alpha value is -0.840. The van der Waals surface area contributed by atoms with Gasteiger partial charge in [-0.05, 0) is 39.4 Å². The molecule has 4 nitrogen and oxygen atoms in total. The summed E-state index contributed by atoms with van der Waals surface area (Å²) in [6, 6.07) is 0. The summed E-state index contributed by atoms with van der Waals surface area (Å²) in [5.74, 6) is 0. The van der Waals surface area contributed by atoms with Crippen LogP contribution >= 0.6 is 12.2 Å². The minimum Gasteiger partial charge on any atom is -0.487 e. The summed E-state index contributed by atoms with van der Waals surface area (Å²) in [6.07, 6.45) is 0.426. The summed E-state index contributed by atoms with van der Waals surface area (Å²) >= 11 is 4.77. The van der Waals surface area contributed by atoms with E-state index in [4.69, 9.17) is 21.7 Å². The van der Waals surface area contributed by atoms with Gasteiger partial charge in [-0.15, -0.1) is 0 Å². The van der Waals surface area contributed by atoms with Crippen molar-refractivity contribution in [1.29, 1.82) is 0 Å². The second kappa shape index (κ2) is 6.68. The summed E-state index contributed by atoms with van der Waals surface area (Å²) in [7, 11) is 1.71. The zero-order valence-electron chi connectivity index (χ0n) is 10.7. The molecule has 0 fully saturated rings. The van der Waals surface area contributed by atoms with E-state index in [0.29, 0.717) is 18.2 Å². The molecule has 0 aromatic rings. The molecule has 0 aromatic carbocycles. The van der Waals surface area contributed by atoms with Gasteiger partial charge in [0.2, 0.25) is 0 Å². The fourth-order valence-electron chi connectivity index (χ4n) is 0.949. The van der Waals surface area contributed by atoms with E-state index in [-0.39, 0.29) is 6.09 Å². The van der Waals surface area contributed by atoms with Crippen molar-refractivity contribution in [2.75, 3.05) is 20.2 Å². The molecule has 0 aliphatic carbocycles. The monoisotopic (exact) mass is 247 g/mol. The molecule has 0 atom stereocenters. The molecule has 16 heavy (non-hydrogen) atoms. The standard InChI is InChI=1S/C11H21NO3S/c1-9(16)14-8-6-7-12(5)10(13)15-11(2,3)4/h6-8H2,1-5H3. The fourth-order valence-corrected chi connectivity index (χ4v) is 1.03. The Labute approximate surface area is 103 Å². The van der Waals surface area contributed by atoms with Crippen molar-refractivity contribution in [1.82, 2.24) is 4.90 Å². The first-order valence-electron chi connectivity index (χ1n) is 5.30. The molecule has 0 rings (SSSR count). The molecule has 0 aromatic heterocycles. The number of hydrogen-bond donors (Lipinski definition) is 0. The zero-order valence-corrected chi connectivity index (χ0v) is 11.5. The Morgan fingerprint density at radius 1 is 1.38 bits per heavy atom. The molecule has 0 heterocycles. The molecule has 94 valence electrons. The van der Waals surface area contributed by atoms with E-state index in [2.05, 4.69) is 0 Å². The van der Waals surface area contributed by atoms with Crippen LogP contribution in [0, 0.1) is 0 Å². The number of nitrogens with zero attached hydrogens (tertiary/aromatic N) is 1. The van der Waals surface area contributed by atoms with Crippen LogP contribution in [0.15, 0.2) is 0 Å². The zero-order chi connectivity index (χ0) is 12.8. The van der Waals surface area contributed by atoms with Gasteiger partial charge in [0.15, 0.2) is 5.05 Å². The predicted molar refractivity (Wildman–Crippen MR) is 67.7 cm³/mol. The van der Waals surface area contributed by atoms with Crippen molar-refractivity contribution in [3.8, 4) is 0 Å². The van der Waals surface area contributed by atoms with Crippen LogP contribution in [0.1, 0.15) is 34.1 Å². The van der Waals surface area contributed by atoms with E-state index in [0.717, 1.165) is 6.42 Å². The van der Waals surface area contributed by atoms with Gasteiger partial charge >= 0.3 is 6.09 Å². The van der Waals surface area contributed by atoms with E-state index in [1.807, 2.05) is 20.8 Å². The van der Waals surface area contributed by atoms with Crippen LogP contribution in [0.25, 0.3) is 0 Å². The first kappa shape index (κ1) is 15.2. The molecule has 0 unspecified atom stereocenters. The fraction of sp³-hybridized carbons (Fsp3) is 0.818. The average Bonchev–Trinajstić information content (AvgIpc) is 2.08. The molecular weight excluding hydrogens is 226 g/mol. The SMILES string of the molecule is CC(=S)OCCCN(C)C(=O)OC(C)(C)C. The number of rotatable bonds is 4. The molecule has 0 spiro atoms. The molecule has 0 N–H and O–H groups in total. The maximum atomic E-state index is 11.5. The minimum atomic E-state index is -0.452. The van der Waals surface area contributed by atoms with Crippen LogP contribution in [0.3, 0.4) is 0 Å². The minimum absolute atomic E-state index is 0.313. The molecule has 0 aliphatic heterocycles. The Morgan fingerprint density at radius 3 is 2.38 bits per heavy atom. The van der Waals surface area contributed by atoms with Crippen LogP contribution in [0.4, 0.5) is 4.79 Å². The van der Waals surface area contributed by atoms with Crippen LogP contribution in [0.2, 0.25) is 0 Å². The number of carbonyl (C=O) groups is 1. The van der Waals surface area contributed by atoms with E-state index < -0.39 is 5.60 Å². The van der Waals surface area contributed by atoms with Crippen molar-refractivity contribution >= 4 is 23.4 Å². The molecule has 0 radical (unpaired) electrons. The van der Waals surface area contributed by atoms with Crippen LogP contribution < -0.4 is 0 Å². The van der Waals surface area contributed by atoms with Gasteiger partial charge < -0.3 is 14.4 Å². The van der Waals surface area contributed by atoms with Gasteiger partial charge in [0, 0.05) is 20.5 Å². The normalized spacial score (nSPS) is 10.8. The number of thiocarbonyl (C=S) groups is 1. The second-order valence-electron chi connectivity index (χ2n) is 4.60. The second-order valence-corrected chi connectivity index (χ2v) is 5.17. The molecule has 0 saturated carbocycles. The topological polar surface area (TPSA) is 38.8 Å². The third-order valence-electron chi connectivity index (χ3n) is 1.65. The van der Waals surface area contributed by atoms with Crippen molar-refractivity contribution in [3.05, 3.63) is 0 Å². The van der Waals surface area contributed by atoms with E-state index in [9.17, 15) is 4.79 Å². The van der Waals surface area contributed by atoms with Gasteiger partial charge in [-0.2, -0.15) is 0 Å². The highest BCUT2D eigenvalue weighted by Gasteiger charge is 2.18. The number of carbonyl (C=O) groups excluding carboxylic acids is 1. The number of hydrogen-bond acceptors (Lipinski definition) is 4. The van der Waals surface area contributed by atoms with Gasteiger partial charge in [-0.1, -0.05) is 0 Å². The van der Waals surface area contributed by atoms with Crippen LogP contribution in [-0.2, 0) is 9.47 Å². The van der Waals surface area contributed by atoms with E-state index >= 15 is 0 Å². The van der Waals surface area contributed by atoms with E-state index in [1.165, 1.54) is 4.90 Å². The predicted octanol–water partition coefficient (Wildman–Crippen LogP) is 2.61. The lowest BCUT2D eigenvalue weighted by molar-refractivity contribution is 0.0291. The van der Waals surface area contributed by atoms with Gasteiger partial charge in [-0.25, -0.2) is 4.79 Å². The third-order valence-corrected chi connectivity index (χ3v) is 1.77. The van der Waals surface area contributed by atoms with Crippen molar-refractivity contribution in [2.24, 2.45) is 0 Å². The van der Waals surface area contributed by atoms with Crippen LogP contribution in [-0.4, -0.2) is 41.8 Å². The third kappa shape index (κ3) is 8.47. The van der Waals surface area contributed by atoms with Crippen molar-refractivity contribution < 1.29 is 14.3 Å². The highest BCUT2D eigenvalue weighted by Crippen LogP contribution is 2.09. The summed E-state index contributed by atoms with van der Waals surface area (Å²) in [6.45, 7) is 8.39. The lowest BCUT2D eigenvalue weighted by Gasteiger charge is -2.24. The lowest BCUT2D eigenvalue weighted by Crippen LogP contribution is -2.35. The highest BCUT2D eigenvalue weighted by atomic mass is 32.1. The van der Waals surface area contributed by atoms with Gasteiger partial charge in [0.25, 0.3) is 0 Å². The Morgan fingerprint density at radius 2 is 1.94 bits per heavy atom. The molecule has 1 amide bonds. The van der Waals surface area contributed by atoms with Gasteiger partial charge in [0.05, 0.1) is 6.61 Å². The smallest absolute Gasteiger partial charge is 0.410 e. The first-order valence-corrected chi connectivity index (χ1v) is 5.70. The number of amides is 1. The van der Waals surface area contributed by atoms with Gasteiger partial charge in [0.1, 0.15) is 5.60 Å². The molecule has 5 heteroatoms.